The van der Waals surface area contributed by atoms with Crippen molar-refractivity contribution in [1.29, 1.82) is 0 Å². The number of rotatable bonds is 5. The highest BCUT2D eigenvalue weighted by Gasteiger charge is 2.17. The summed E-state index contributed by atoms with van der Waals surface area (Å²) in [5, 5.41) is 6.44. The molecule has 2 aromatic heterocycles. The molecule has 3 aromatic rings. The lowest BCUT2D eigenvalue weighted by Crippen LogP contribution is -2.23. The van der Waals surface area contributed by atoms with E-state index in [-0.39, 0.29) is 6.04 Å². The Kier molecular flexibility index (Phi) is 4.54. The number of fused-ring (bicyclic) bond motifs is 1. The van der Waals surface area contributed by atoms with E-state index in [1.54, 1.807) is 11.3 Å². The molecule has 0 saturated heterocycles. The summed E-state index contributed by atoms with van der Waals surface area (Å²) in [4.78, 5) is 4.55. The van der Waals surface area contributed by atoms with Gasteiger partial charge in [-0.15, -0.1) is 11.3 Å². The van der Waals surface area contributed by atoms with Crippen molar-refractivity contribution >= 4 is 33.2 Å². The Morgan fingerprint density at radius 2 is 2.14 bits per heavy atom. The van der Waals surface area contributed by atoms with Crippen molar-refractivity contribution in [2.75, 3.05) is 6.54 Å². The zero-order chi connectivity index (χ0) is 14.7. The van der Waals surface area contributed by atoms with Crippen LogP contribution in [0, 0.1) is 0 Å². The first-order valence-corrected chi connectivity index (χ1v) is 8.36. The average molecular weight is 317 g/mol. The molecule has 1 atom stereocenters. The van der Waals surface area contributed by atoms with E-state index in [0.717, 1.165) is 34.6 Å². The molecule has 0 saturated carbocycles. The number of hydrogen-bond donors (Lipinski definition) is 1. The predicted octanol–water partition coefficient (Wildman–Crippen LogP) is 5.04. The van der Waals surface area contributed by atoms with Crippen LogP contribution in [0.25, 0.3) is 10.2 Å². The molecule has 108 valence electrons. The van der Waals surface area contributed by atoms with Gasteiger partial charge in [0.15, 0.2) is 0 Å². The van der Waals surface area contributed by atoms with Crippen LogP contribution in [0.3, 0.4) is 0 Å². The maximum atomic E-state index is 6.39. The zero-order valence-electron chi connectivity index (χ0n) is 11.8. The summed E-state index contributed by atoms with van der Waals surface area (Å²) in [5.41, 5.74) is 3.31. The lowest BCUT2D eigenvalue weighted by Gasteiger charge is -2.20. The van der Waals surface area contributed by atoms with Crippen molar-refractivity contribution < 1.29 is 0 Å². The molecule has 2 nitrogen and oxygen atoms in total. The molecule has 0 aliphatic heterocycles. The molecule has 1 aromatic carbocycles. The molecule has 0 radical (unpaired) electrons. The van der Waals surface area contributed by atoms with Gasteiger partial charge in [-0.05, 0) is 47.7 Å². The van der Waals surface area contributed by atoms with E-state index in [4.69, 9.17) is 11.6 Å². The van der Waals surface area contributed by atoms with Crippen LogP contribution >= 0.6 is 22.9 Å². The van der Waals surface area contributed by atoms with E-state index < -0.39 is 0 Å². The van der Waals surface area contributed by atoms with Gasteiger partial charge in [0.25, 0.3) is 0 Å². The van der Waals surface area contributed by atoms with Crippen molar-refractivity contribution in [3.05, 3.63) is 64.1 Å². The van der Waals surface area contributed by atoms with Crippen LogP contribution in [0.4, 0.5) is 0 Å². The molecule has 0 spiro atoms. The van der Waals surface area contributed by atoms with Crippen molar-refractivity contribution in [2.45, 2.75) is 19.4 Å². The second kappa shape index (κ2) is 6.56. The van der Waals surface area contributed by atoms with Gasteiger partial charge in [0.2, 0.25) is 0 Å². The van der Waals surface area contributed by atoms with Crippen LogP contribution in [0.1, 0.15) is 30.5 Å². The van der Waals surface area contributed by atoms with Crippen LogP contribution in [-0.4, -0.2) is 11.5 Å². The molecule has 1 N–H and O–H groups in total. The number of pyridine rings is 1. The largest absolute Gasteiger partial charge is 0.306 e. The molecular weight excluding hydrogens is 300 g/mol. The number of hydrogen-bond acceptors (Lipinski definition) is 3. The normalized spacial score (nSPS) is 12.7. The standard InChI is InChI=1S/C17H17ClN2S/c1-2-8-19-17(13-5-3-4-6-14(13)18)12-10-16-15(20-11-12)7-9-21-16/h3-7,9-11,17,19H,2,8H2,1H3. The smallest absolute Gasteiger partial charge is 0.0809 e. The lowest BCUT2D eigenvalue weighted by atomic mass is 10.00. The SMILES string of the molecule is CCCNC(c1cnc2ccsc2c1)c1ccccc1Cl. The van der Waals surface area contributed by atoms with Gasteiger partial charge in [0, 0.05) is 11.2 Å². The number of halogens is 1. The van der Waals surface area contributed by atoms with E-state index in [1.165, 1.54) is 4.70 Å². The first-order chi connectivity index (χ1) is 10.3. The van der Waals surface area contributed by atoms with Crippen LogP contribution < -0.4 is 5.32 Å². The van der Waals surface area contributed by atoms with Crippen molar-refractivity contribution in [1.82, 2.24) is 10.3 Å². The molecular formula is C17H17ClN2S. The molecule has 1 unspecified atom stereocenters. The molecule has 0 amide bonds. The highest BCUT2D eigenvalue weighted by molar-refractivity contribution is 7.17. The zero-order valence-corrected chi connectivity index (χ0v) is 13.4. The number of nitrogens with zero attached hydrogens (tertiary/aromatic N) is 1. The van der Waals surface area contributed by atoms with E-state index in [0.29, 0.717) is 0 Å². The third-order valence-corrected chi connectivity index (χ3v) is 4.67. The van der Waals surface area contributed by atoms with Crippen LogP contribution in [-0.2, 0) is 0 Å². The number of aromatic nitrogens is 1. The Morgan fingerprint density at radius 1 is 1.29 bits per heavy atom. The summed E-state index contributed by atoms with van der Waals surface area (Å²) in [7, 11) is 0. The van der Waals surface area contributed by atoms with Crippen molar-refractivity contribution in [2.24, 2.45) is 0 Å². The van der Waals surface area contributed by atoms with Gasteiger partial charge in [0.1, 0.15) is 0 Å². The number of thiophene rings is 1. The summed E-state index contributed by atoms with van der Waals surface area (Å²) in [6, 6.07) is 12.3. The van der Waals surface area contributed by atoms with Crippen molar-refractivity contribution in [3.8, 4) is 0 Å². The highest BCUT2D eigenvalue weighted by Crippen LogP contribution is 2.30. The minimum Gasteiger partial charge on any atom is -0.306 e. The minimum atomic E-state index is 0.0812. The predicted molar refractivity (Wildman–Crippen MR) is 91.2 cm³/mol. The Labute approximate surface area is 133 Å². The van der Waals surface area contributed by atoms with Gasteiger partial charge in [0.05, 0.1) is 16.3 Å². The molecule has 4 heteroatoms. The van der Waals surface area contributed by atoms with Gasteiger partial charge < -0.3 is 5.32 Å². The second-order valence-electron chi connectivity index (χ2n) is 4.98. The van der Waals surface area contributed by atoms with Gasteiger partial charge in [-0.25, -0.2) is 0 Å². The Balaban J connectivity index is 2.03. The molecule has 0 fully saturated rings. The van der Waals surface area contributed by atoms with Gasteiger partial charge >= 0.3 is 0 Å². The Bertz CT molecular complexity index is 738. The summed E-state index contributed by atoms with van der Waals surface area (Å²) in [6.45, 7) is 3.11. The third kappa shape index (κ3) is 3.10. The van der Waals surface area contributed by atoms with Crippen LogP contribution in [0.2, 0.25) is 5.02 Å². The van der Waals surface area contributed by atoms with Gasteiger partial charge in [-0.1, -0.05) is 36.7 Å². The third-order valence-electron chi connectivity index (χ3n) is 3.47. The summed E-state index contributed by atoms with van der Waals surface area (Å²) in [5.74, 6) is 0. The van der Waals surface area contributed by atoms with E-state index >= 15 is 0 Å². The van der Waals surface area contributed by atoms with Crippen LogP contribution in [0.5, 0.6) is 0 Å². The first-order valence-electron chi connectivity index (χ1n) is 7.10. The fourth-order valence-corrected chi connectivity index (χ4v) is 3.46. The lowest BCUT2D eigenvalue weighted by molar-refractivity contribution is 0.598. The Hall–Kier alpha value is -1.42. The van der Waals surface area contributed by atoms with E-state index in [2.05, 4.69) is 34.7 Å². The van der Waals surface area contributed by atoms with Gasteiger partial charge in [-0.3, -0.25) is 4.98 Å². The first kappa shape index (κ1) is 14.5. The van der Waals surface area contributed by atoms with Gasteiger partial charge in [-0.2, -0.15) is 0 Å². The van der Waals surface area contributed by atoms with E-state index in [1.807, 2.05) is 30.5 Å². The highest BCUT2D eigenvalue weighted by atomic mass is 35.5. The maximum Gasteiger partial charge on any atom is 0.0809 e. The minimum absolute atomic E-state index is 0.0812. The molecule has 21 heavy (non-hydrogen) atoms. The maximum absolute atomic E-state index is 6.39. The fraction of sp³-hybridized carbons (Fsp3) is 0.235. The summed E-state index contributed by atoms with van der Waals surface area (Å²) >= 11 is 8.11. The van der Waals surface area contributed by atoms with Crippen molar-refractivity contribution in [3.63, 3.8) is 0 Å². The topological polar surface area (TPSA) is 24.9 Å². The van der Waals surface area contributed by atoms with Crippen LogP contribution in [0.15, 0.2) is 48.0 Å². The number of nitrogens with one attached hydrogen (secondary N) is 1. The fourth-order valence-electron chi connectivity index (χ4n) is 2.42. The molecule has 2 heterocycles. The van der Waals surface area contributed by atoms with E-state index in [9.17, 15) is 0 Å². The molecule has 3 rings (SSSR count). The average Bonchev–Trinajstić information content (AvgIpc) is 2.97. The Morgan fingerprint density at radius 3 is 2.95 bits per heavy atom. The monoisotopic (exact) mass is 316 g/mol. The number of benzene rings is 1. The molecule has 0 bridgehead atoms. The summed E-state index contributed by atoms with van der Waals surface area (Å²) in [6.07, 6.45) is 3.03. The molecule has 0 aliphatic rings. The second-order valence-corrected chi connectivity index (χ2v) is 6.34. The molecule has 0 aliphatic carbocycles. The summed E-state index contributed by atoms with van der Waals surface area (Å²) < 4.78 is 1.21. The quantitative estimate of drug-likeness (QED) is 0.713.